The van der Waals surface area contributed by atoms with Crippen LogP contribution < -0.4 is 10.6 Å². The molecule has 2 heterocycles. The van der Waals surface area contributed by atoms with Crippen LogP contribution in [0.4, 0.5) is 5.69 Å². The molecular formula is C13H18N2O. The third-order valence-corrected chi connectivity index (χ3v) is 3.56. The lowest BCUT2D eigenvalue weighted by Gasteiger charge is -2.20. The molecule has 0 saturated carbocycles. The van der Waals surface area contributed by atoms with Crippen LogP contribution in [-0.2, 0) is 4.74 Å². The molecule has 3 heteroatoms. The number of nitrogens with one attached hydrogen (secondary N) is 2. The van der Waals surface area contributed by atoms with E-state index in [9.17, 15) is 0 Å². The molecule has 1 aromatic carbocycles. The average Bonchev–Trinajstić information content (AvgIpc) is 2.92. The fourth-order valence-electron chi connectivity index (χ4n) is 2.73. The maximum absolute atomic E-state index is 5.96. The van der Waals surface area contributed by atoms with Crippen molar-refractivity contribution >= 4 is 5.69 Å². The van der Waals surface area contributed by atoms with Gasteiger partial charge in [-0.15, -0.1) is 0 Å². The van der Waals surface area contributed by atoms with Crippen LogP contribution in [0.15, 0.2) is 30.3 Å². The van der Waals surface area contributed by atoms with Gasteiger partial charge in [-0.3, -0.25) is 0 Å². The number of benzene rings is 1. The number of rotatable bonds is 2. The Morgan fingerprint density at radius 1 is 1.31 bits per heavy atom. The van der Waals surface area contributed by atoms with Crippen LogP contribution in [0.5, 0.6) is 0 Å². The number of hydrogen-bond donors (Lipinski definition) is 2. The third-order valence-electron chi connectivity index (χ3n) is 3.56. The van der Waals surface area contributed by atoms with E-state index < -0.39 is 0 Å². The van der Waals surface area contributed by atoms with Crippen LogP contribution >= 0.6 is 0 Å². The fourth-order valence-corrected chi connectivity index (χ4v) is 2.73. The van der Waals surface area contributed by atoms with Crippen LogP contribution in [0.1, 0.15) is 12.8 Å². The van der Waals surface area contributed by atoms with Gasteiger partial charge in [-0.1, -0.05) is 18.2 Å². The highest BCUT2D eigenvalue weighted by atomic mass is 16.5. The van der Waals surface area contributed by atoms with Gasteiger partial charge in [-0.25, -0.2) is 0 Å². The van der Waals surface area contributed by atoms with Crippen molar-refractivity contribution in [3.63, 3.8) is 0 Å². The molecule has 2 fully saturated rings. The second-order valence-corrected chi connectivity index (χ2v) is 4.83. The highest BCUT2D eigenvalue weighted by Crippen LogP contribution is 2.32. The molecule has 0 aromatic heterocycles. The molecule has 0 aliphatic carbocycles. The second-order valence-electron chi connectivity index (χ2n) is 4.83. The zero-order valence-corrected chi connectivity index (χ0v) is 9.41. The van der Waals surface area contributed by atoms with Crippen LogP contribution in [0.25, 0.3) is 0 Å². The van der Waals surface area contributed by atoms with Gasteiger partial charge in [0.25, 0.3) is 0 Å². The average molecular weight is 218 g/mol. The maximum atomic E-state index is 5.96. The van der Waals surface area contributed by atoms with Crippen molar-refractivity contribution in [1.29, 1.82) is 0 Å². The summed E-state index contributed by atoms with van der Waals surface area (Å²) in [4.78, 5) is 0. The molecule has 86 valence electrons. The Morgan fingerprint density at radius 2 is 2.19 bits per heavy atom. The van der Waals surface area contributed by atoms with E-state index in [0.717, 1.165) is 32.5 Å². The summed E-state index contributed by atoms with van der Waals surface area (Å²) in [6, 6.07) is 10.8. The van der Waals surface area contributed by atoms with E-state index >= 15 is 0 Å². The van der Waals surface area contributed by atoms with E-state index in [4.69, 9.17) is 4.74 Å². The SMILES string of the molecule is c1ccc(N[C@@H]2CO[C@@]3(CCNC3)C2)cc1. The van der Waals surface area contributed by atoms with Gasteiger partial charge in [0.15, 0.2) is 0 Å². The molecule has 1 aromatic rings. The number of anilines is 1. The summed E-state index contributed by atoms with van der Waals surface area (Å²) in [6.45, 7) is 2.94. The molecular weight excluding hydrogens is 200 g/mol. The van der Waals surface area contributed by atoms with E-state index in [2.05, 4.69) is 34.9 Å². The normalized spacial score (nSPS) is 33.4. The monoisotopic (exact) mass is 218 g/mol. The molecule has 2 N–H and O–H groups in total. The molecule has 2 aliphatic heterocycles. The van der Waals surface area contributed by atoms with Crippen LogP contribution in [0.2, 0.25) is 0 Å². The van der Waals surface area contributed by atoms with E-state index in [1.807, 2.05) is 6.07 Å². The van der Waals surface area contributed by atoms with Gasteiger partial charge in [0.2, 0.25) is 0 Å². The predicted molar refractivity (Wildman–Crippen MR) is 64.6 cm³/mol. The molecule has 2 atom stereocenters. The van der Waals surface area contributed by atoms with Crippen molar-refractivity contribution in [2.24, 2.45) is 0 Å². The Hall–Kier alpha value is -1.06. The van der Waals surface area contributed by atoms with Crippen LogP contribution in [0, 0.1) is 0 Å². The first-order chi connectivity index (χ1) is 7.86. The van der Waals surface area contributed by atoms with Crippen molar-refractivity contribution in [3.8, 4) is 0 Å². The summed E-state index contributed by atoms with van der Waals surface area (Å²) in [5.41, 5.74) is 1.31. The molecule has 0 amide bonds. The van der Waals surface area contributed by atoms with E-state index in [0.29, 0.717) is 6.04 Å². The van der Waals surface area contributed by atoms with Crippen molar-refractivity contribution in [2.45, 2.75) is 24.5 Å². The standard InChI is InChI=1S/C13H18N2O/c1-2-4-11(5-3-1)15-12-8-13(16-9-12)6-7-14-10-13/h1-5,12,14-15H,6-10H2/t12-,13-/m0/s1. The smallest absolute Gasteiger partial charge is 0.0839 e. The summed E-state index contributed by atoms with van der Waals surface area (Å²) in [7, 11) is 0. The van der Waals surface area contributed by atoms with Crippen molar-refractivity contribution in [3.05, 3.63) is 30.3 Å². The summed E-state index contributed by atoms with van der Waals surface area (Å²) < 4.78 is 5.96. The molecule has 1 spiro atoms. The molecule has 0 bridgehead atoms. The Morgan fingerprint density at radius 3 is 2.94 bits per heavy atom. The Balaban J connectivity index is 1.62. The molecule has 3 nitrogen and oxygen atoms in total. The Labute approximate surface area is 96.2 Å². The van der Waals surface area contributed by atoms with Crippen molar-refractivity contribution < 1.29 is 4.74 Å². The molecule has 2 saturated heterocycles. The van der Waals surface area contributed by atoms with Gasteiger partial charge in [0.05, 0.1) is 18.2 Å². The minimum atomic E-state index is 0.118. The van der Waals surface area contributed by atoms with Crippen LogP contribution in [-0.4, -0.2) is 31.3 Å². The van der Waals surface area contributed by atoms with Gasteiger partial charge < -0.3 is 15.4 Å². The first-order valence-corrected chi connectivity index (χ1v) is 6.03. The van der Waals surface area contributed by atoms with Crippen molar-refractivity contribution in [1.82, 2.24) is 5.32 Å². The molecule has 16 heavy (non-hydrogen) atoms. The van der Waals surface area contributed by atoms with Crippen molar-refractivity contribution in [2.75, 3.05) is 25.0 Å². The number of para-hydroxylation sites is 1. The van der Waals surface area contributed by atoms with E-state index in [-0.39, 0.29) is 5.60 Å². The zero-order valence-electron chi connectivity index (χ0n) is 9.41. The minimum Gasteiger partial charge on any atom is -0.380 e. The summed E-state index contributed by atoms with van der Waals surface area (Å²) in [5, 5.41) is 6.93. The predicted octanol–water partition coefficient (Wildman–Crippen LogP) is 1.62. The summed E-state index contributed by atoms with van der Waals surface area (Å²) in [5.74, 6) is 0. The quantitative estimate of drug-likeness (QED) is 0.791. The van der Waals surface area contributed by atoms with Gasteiger partial charge in [0.1, 0.15) is 0 Å². The summed E-state index contributed by atoms with van der Waals surface area (Å²) >= 11 is 0. The largest absolute Gasteiger partial charge is 0.380 e. The van der Waals surface area contributed by atoms with Gasteiger partial charge >= 0.3 is 0 Å². The Kier molecular flexibility index (Phi) is 2.58. The number of hydrogen-bond acceptors (Lipinski definition) is 3. The third kappa shape index (κ3) is 1.93. The lowest BCUT2D eigenvalue weighted by molar-refractivity contribution is 0.0214. The highest BCUT2D eigenvalue weighted by molar-refractivity contribution is 5.43. The summed E-state index contributed by atoms with van der Waals surface area (Å²) in [6.07, 6.45) is 2.27. The number of ether oxygens (including phenoxy) is 1. The molecule has 3 rings (SSSR count). The zero-order chi connectivity index (χ0) is 10.8. The topological polar surface area (TPSA) is 33.3 Å². The lowest BCUT2D eigenvalue weighted by Crippen LogP contribution is -2.31. The van der Waals surface area contributed by atoms with Gasteiger partial charge in [-0.2, -0.15) is 0 Å². The maximum Gasteiger partial charge on any atom is 0.0839 e. The molecule has 0 unspecified atom stereocenters. The highest BCUT2D eigenvalue weighted by Gasteiger charge is 2.42. The molecule has 2 aliphatic rings. The molecule has 0 radical (unpaired) electrons. The minimum absolute atomic E-state index is 0.118. The fraction of sp³-hybridized carbons (Fsp3) is 0.538. The van der Waals surface area contributed by atoms with Crippen LogP contribution in [0.3, 0.4) is 0 Å². The first kappa shape index (κ1) is 10.1. The van der Waals surface area contributed by atoms with Gasteiger partial charge in [0, 0.05) is 18.7 Å². The lowest BCUT2D eigenvalue weighted by atomic mass is 9.97. The van der Waals surface area contributed by atoms with E-state index in [1.165, 1.54) is 5.69 Å². The van der Waals surface area contributed by atoms with Gasteiger partial charge in [-0.05, 0) is 25.1 Å². The van der Waals surface area contributed by atoms with E-state index in [1.54, 1.807) is 0 Å². The first-order valence-electron chi connectivity index (χ1n) is 6.03. The Bertz CT molecular complexity index is 346. The second kappa shape index (κ2) is 4.07.